The van der Waals surface area contributed by atoms with E-state index in [2.05, 4.69) is 36.5 Å². The predicted molar refractivity (Wildman–Crippen MR) is 89.6 cm³/mol. The van der Waals surface area contributed by atoms with Crippen LogP contribution in [-0.2, 0) is 25.3 Å². The molecule has 4 rings (SSSR count). The van der Waals surface area contributed by atoms with Gasteiger partial charge >= 0.3 is 0 Å². The summed E-state index contributed by atoms with van der Waals surface area (Å²) in [6, 6.07) is 12.4. The number of rotatable bonds is 2. The predicted octanol–water partition coefficient (Wildman–Crippen LogP) is 2.39. The zero-order valence-corrected chi connectivity index (χ0v) is 13.5. The average Bonchev–Trinajstić information content (AvgIpc) is 2.97. The largest absolute Gasteiger partial charge is 0.330 e. The quantitative estimate of drug-likeness (QED) is 0.895. The topological polar surface area (TPSA) is 58.4 Å². The molecule has 0 saturated heterocycles. The molecule has 1 unspecified atom stereocenters. The maximum absolute atomic E-state index is 12.5. The average molecular weight is 307 g/mol. The number of hydrogen-bond acceptors (Lipinski definition) is 3. The van der Waals surface area contributed by atoms with E-state index in [1.165, 1.54) is 11.1 Å². The van der Waals surface area contributed by atoms with Gasteiger partial charge in [-0.25, -0.2) is 0 Å². The summed E-state index contributed by atoms with van der Waals surface area (Å²) in [7, 11) is 0. The third-order valence-electron chi connectivity index (χ3n) is 4.89. The lowest BCUT2D eigenvalue weighted by Crippen LogP contribution is -2.42. The maximum Gasteiger partial charge on any atom is 0.254 e. The Hall–Kier alpha value is -2.17. The van der Waals surface area contributed by atoms with Crippen molar-refractivity contribution in [1.29, 1.82) is 0 Å². The summed E-state index contributed by atoms with van der Waals surface area (Å²) in [4.78, 5) is 14.5. The fourth-order valence-electron chi connectivity index (χ4n) is 3.63. The second-order valence-electron chi connectivity index (χ2n) is 6.87. The first-order valence-corrected chi connectivity index (χ1v) is 7.99. The zero-order chi connectivity index (χ0) is 16.2. The van der Waals surface area contributed by atoms with Crippen molar-refractivity contribution in [2.45, 2.75) is 39.1 Å². The Bertz CT molecular complexity index is 810. The van der Waals surface area contributed by atoms with E-state index >= 15 is 0 Å². The van der Waals surface area contributed by atoms with Crippen LogP contribution >= 0.6 is 0 Å². The van der Waals surface area contributed by atoms with Gasteiger partial charge in [0, 0.05) is 25.2 Å². The van der Waals surface area contributed by atoms with E-state index in [0.29, 0.717) is 13.1 Å². The molecule has 2 aliphatic heterocycles. The molecule has 0 aliphatic carbocycles. The van der Waals surface area contributed by atoms with Crippen LogP contribution in [0.3, 0.4) is 0 Å². The fraction of sp³-hybridized carbons (Fsp3) is 0.316. The van der Waals surface area contributed by atoms with E-state index < -0.39 is 5.66 Å². The van der Waals surface area contributed by atoms with Crippen molar-refractivity contribution >= 4 is 5.91 Å². The first-order valence-electron chi connectivity index (χ1n) is 7.99. The summed E-state index contributed by atoms with van der Waals surface area (Å²) in [6.07, 6.45) is 0. The van der Waals surface area contributed by atoms with Gasteiger partial charge in [0.25, 0.3) is 5.91 Å². The molecule has 0 saturated carbocycles. The Kier molecular flexibility index (Phi) is 3.08. The van der Waals surface area contributed by atoms with E-state index in [9.17, 15) is 4.79 Å². The van der Waals surface area contributed by atoms with E-state index in [1.54, 1.807) is 0 Å². The molecular formula is C19H21N3O. The molecule has 3 N–H and O–H groups in total. The van der Waals surface area contributed by atoms with Crippen molar-refractivity contribution in [3.63, 3.8) is 0 Å². The van der Waals surface area contributed by atoms with Crippen molar-refractivity contribution in [2.24, 2.45) is 5.73 Å². The van der Waals surface area contributed by atoms with Gasteiger partial charge in [-0.1, -0.05) is 35.9 Å². The maximum atomic E-state index is 12.5. The lowest BCUT2D eigenvalue weighted by atomic mass is 9.99. The number of nitrogens with one attached hydrogen (secondary N) is 1. The van der Waals surface area contributed by atoms with Gasteiger partial charge in [-0.15, -0.1) is 0 Å². The van der Waals surface area contributed by atoms with Crippen LogP contribution < -0.4 is 11.1 Å². The molecule has 23 heavy (non-hydrogen) atoms. The van der Waals surface area contributed by atoms with Gasteiger partial charge in [0.1, 0.15) is 0 Å². The third kappa shape index (κ3) is 2.35. The summed E-state index contributed by atoms with van der Waals surface area (Å²) in [5, 5.41) is 3.31. The minimum absolute atomic E-state index is 0.127. The summed E-state index contributed by atoms with van der Waals surface area (Å²) in [5.41, 5.74) is 12.5. The third-order valence-corrected chi connectivity index (χ3v) is 4.89. The van der Waals surface area contributed by atoms with Gasteiger partial charge in [0.15, 0.2) is 0 Å². The van der Waals surface area contributed by atoms with Crippen LogP contribution in [0.4, 0.5) is 0 Å². The Morgan fingerprint density at radius 1 is 1.22 bits per heavy atom. The standard InChI is InChI=1S/C19H21N3O/c1-12-3-5-16-15(7-12)11-22(18(16)23)10-13-4-6-17-14(8-13)9-21-19(17,2)20/h3-8,21H,9-11,20H2,1-2H3. The van der Waals surface area contributed by atoms with Gasteiger partial charge in [-0.3, -0.25) is 10.1 Å². The van der Waals surface area contributed by atoms with E-state index in [-0.39, 0.29) is 5.91 Å². The molecule has 2 aromatic carbocycles. The molecule has 0 spiro atoms. The Morgan fingerprint density at radius 3 is 2.87 bits per heavy atom. The lowest BCUT2D eigenvalue weighted by molar-refractivity contribution is 0.0766. The number of fused-ring (bicyclic) bond motifs is 2. The highest BCUT2D eigenvalue weighted by atomic mass is 16.2. The molecule has 0 fully saturated rings. The van der Waals surface area contributed by atoms with Crippen molar-refractivity contribution in [3.8, 4) is 0 Å². The number of hydrogen-bond donors (Lipinski definition) is 2. The Morgan fingerprint density at radius 2 is 2.04 bits per heavy atom. The second kappa shape index (κ2) is 4.91. The van der Waals surface area contributed by atoms with Gasteiger partial charge < -0.3 is 10.6 Å². The van der Waals surface area contributed by atoms with Crippen molar-refractivity contribution < 1.29 is 4.79 Å². The Balaban J connectivity index is 1.58. The number of nitrogens with zero attached hydrogens (tertiary/aromatic N) is 1. The molecule has 4 nitrogen and oxygen atoms in total. The van der Waals surface area contributed by atoms with Crippen LogP contribution in [0.5, 0.6) is 0 Å². The molecule has 2 aliphatic rings. The highest BCUT2D eigenvalue weighted by molar-refractivity contribution is 5.98. The monoisotopic (exact) mass is 307 g/mol. The molecule has 4 heteroatoms. The van der Waals surface area contributed by atoms with E-state index in [0.717, 1.165) is 28.8 Å². The zero-order valence-electron chi connectivity index (χ0n) is 13.5. The summed E-state index contributed by atoms with van der Waals surface area (Å²) >= 11 is 0. The molecule has 1 atom stereocenters. The van der Waals surface area contributed by atoms with Crippen LogP contribution in [0, 0.1) is 6.92 Å². The number of carbonyl (C=O) groups excluding carboxylic acids is 1. The normalized spacial score (nSPS) is 22.4. The molecule has 1 amide bonds. The van der Waals surface area contributed by atoms with Gasteiger partial charge in [0.05, 0.1) is 5.66 Å². The van der Waals surface area contributed by atoms with Gasteiger partial charge in [-0.2, -0.15) is 0 Å². The number of aryl methyl sites for hydroxylation is 1. The molecule has 118 valence electrons. The summed E-state index contributed by atoms with van der Waals surface area (Å²) in [6.45, 7) is 6.16. The molecule has 0 bridgehead atoms. The molecule has 0 radical (unpaired) electrons. The summed E-state index contributed by atoms with van der Waals surface area (Å²) in [5.74, 6) is 0.127. The second-order valence-corrected chi connectivity index (χ2v) is 6.87. The number of amides is 1. The lowest BCUT2D eigenvalue weighted by Gasteiger charge is -2.20. The summed E-state index contributed by atoms with van der Waals surface area (Å²) < 4.78 is 0. The fourth-order valence-corrected chi connectivity index (χ4v) is 3.63. The number of benzene rings is 2. The van der Waals surface area contributed by atoms with E-state index in [1.807, 2.05) is 24.0 Å². The Labute approximate surface area is 136 Å². The molecule has 0 aromatic heterocycles. The van der Waals surface area contributed by atoms with Gasteiger partial charge in [0.2, 0.25) is 0 Å². The SMILES string of the molecule is Cc1ccc2c(c1)CN(Cc1ccc3c(c1)CNC3(C)N)C2=O. The number of carbonyl (C=O) groups is 1. The van der Waals surface area contributed by atoms with Gasteiger partial charge in [-0.05, 0) is 42.2 Å². The van der Waals surface area contributed by atoms with Crippen LogP contribution in [0.15, 0.2) is 36.4 Å². The van der Waals surface area contributed by atoms with E-state index in [4.69, 9.17) is 5.73 Å². The van der Waals surface area contributed by atoms with Crippen LogP contribution in [0.1, 0.15) is 45.1 Å². The number of nitrogens with two attached hydrogens (primary N) is 1. The van der Waals surface area contributed by atoms with Crippen LogP contribution in [-0.4, -0.2) is 10.8 Å². The molecular weight excluding hydrogens is 286 g/mol. The minimum atomic E-state index is -0.453. The molecule has 2 aromatic rings. The minimum Gasteiger partial charge on any atom is -0.330 e. The highest BCUT2D eigenvalue weighted by Crippen LogP contribution is 2.29. The first kappa shape index (κ1) is 14.4. The van der Waals surface area contributed by atoms with Crippen molar-refractivity contribution in [1.82, 2.24) is 10.2 Å². The van der Waals surface area contributed by atoms with Crippen molar-refractivity contribution in [2.75, 3.05) is 0 Å². The van der Waals surface area contributed by atoms with Crippen LogP contribution in [0.2, 0.25) is 0 Å². The van der Waals surface area contributed by atoms with Crippen LogP contribution in [0.25, 0.3) is 0 Å². The smallest absolute Gasteiger partial charge is 0.254 e. The highest BCUT2D eigenvalue weighted by Gasteiger charge is 2.31. The first-order chi connectivity index (χ1) is 10.9. The molecule has 2 heterocycles. The van der Waals surface area contributed by atoms with Crippen molar-refractivity contribution in [3.05, 3.63) is 69.8 Å².